The Balaban J connectivity index is 1.86. The van der Waals surface area contributed by atoms with Crippen molar-refractivity contribution in [3.05, 3.63) is 23.8 Å². The third kappa shape index (κ3) is 3.65. The van der Waals surface area contributed by atoms with Crippen LogP contribution in [0, 0.1) is 5.92 Å². The summed E-state index contributed by atoms with van der Waals surface area (Å²) in [5.74, 6) is 0.885. The number of hydrogen-bond acceptors (Lipinski definition) is 4. The van der Waals surface area contributed by atoms with Gasteiger partial charge in [-0.05, 0) is 49.1 Å². The highest BCUT2D eigenvalue weighted by Crippen LogP contribution is 2.40. The highest BCUT2D eigenvalue weighted by atomic mass is 16.5. The van der Waals surface area contributed by atoms with Gasteiger partial charge in [0.2, 0.25) is 0 Å². The minimum atomic E-state index is -0.136. The van der Waals surface area contributed by atoms with Crippen LogP contribution in [0.1, 0.15) is 50.5 Å². The number of hydrogen-bond donors (Lipinski definition) is 2. The van der Waals surface area contributed by atoms with Crippen LogP contribution in [-0.2, 0) is 9.53 Å². The average molecular weight is 278 g/mol. The van der Waals surface area contributed by atoms with E-state index in [0.717, 1.165) is 31.2 Å². The van der Waals surface area contributed by atoms with E-state index in [1.165, 1.54) is 6.07 Å². The third-order valence-electron chi connectivity index (χ3n) is 4.07. The molecule has 1 aliphatic carbocycles. The normalized spacial score (nSPS) is 22.4. The molecule has 0 saturated heterocycles. The lowest BCUT2D eigenvalue weighted by Crippen LogP contribution is -2.19. The van der Waals surface area contributed by atoms with Gasteiger partial charge in [-0.15, -0.1) is 0 Å². The molecule has 0 spiro atoms. The Morgan fingerprint density at radius 3 is 2.55 bits per heavy atom. The number of esters is 1. The fraction of sp³-hybridized carbons (Fsp3) is 0.562. The first-order valence-electron chi connectivity index (χ1n) is 7.27. The van der Waals surface area contributed by atoms with Gasteiger partial charge in [0, 0.05) is 12.5 Å². The van der Waals surface area contributed by atoms with Crippen LogP contribution in [0.15, 0.2) is 18.2 Å². The summed E-state index contributed by atoms with van der Waals surface area (Å²) in [6, 6.07) is 4.81. The number of aromatic hydroxyl groups is 2. The van der Waals surface area contributed by atoms with E-state index in [1.807, 2.05) is 0 Å². The van der Waals surface area contributed by atoms with Gasteiger partial charge in [0.05, 0.1) is 6.61 Å². The van der Waals surface area contributed by atoms with Gasteiger partial charge in [-0.3, -0.25) is 4.79 Å². The van der Waals surface area contributed by atoms with E-state index < -0.39 is 0 Å². The van der Waals surface area contributed by atoms with Crippen molar-refractivity contribution in [3.63, 3.8) is 0 Å². The Hall–Kier alpha value is -1.71. The number of rotatable bonds is 4. The summed E-state index contributed by atoms with van der Waals surface area (Å²) in [5.41, 5.74) is 0.909. The molecule has 1 saturated carbocycles. The van der Waals surface area contributed by atoms with Crippen molar-refractivity contribution in [2.24, 2.45) is 5.92 Å². The quantitative estimate of drug-likeness (QED) is 0.829. The summed E-state index contributed by atoms with van der Waals surface area (Å²) in [6.07, 6.45) is 4.39. The van der Waals surface area contributed by atoms with Crippen molar-refractivity contribution in [1.29, 1.82) is 0 Å². The van der Waals surface area contributed by atoms with Crippen molar-refractivity contribution in [2.75, 3.05) is 6.61 Å². The Morgan fingerprint density at radius 1 is 1.25 bits per heavy atom. The largest absolute Gasteiger partial charge is 0.508 e. The fourth-order valence-electron chi connectivity index (χ4n) is 2.83. The first-order valence-corrected chi connectivity index (χ1v) is 7.27. The molecule has 1 aliphatic rings. The highest BCUT2D eigenvalue weighted by molar-refractivity contribution is 5.68. The minimum absolute atomic E-state index is 0.0893. The van der Waals surface area contributed by atoms with Gasteiger partial charge in [0.1, 0.15) is 11.5 Å². The van der Waals surface area contributed by atoms with Crippen molar-refractivity contribution in [1.82, 2.24) is 0 Å². The monoisotopic (exact) mass is 278 g/mol. The molecular weight excluding hydrogens is 256 g/mol. The van der Waals surface area contributed by atoms with Crippen LogP contribution in [0.2, 0.25) is 0 Å². The third-order valence-corrected chi connectivity index (χ3v) is 4.07. The van der Waals surface area contributed by atoms with Crippen LogP contribution < -0.4 is 0 Å². The molecule has 0 heterocycles. The summed E-state index contributed by atoms with van der Waals surface area (Å²) in [6.45, 7) is 2.31. The Morgan fingerprint density at radius 2 is 1.95 bits per heavy atom. The number of benzene rings is 1. The van der Waals surface area contributed by atoms with E-state index in [2.05, 4.69) is 0 Å². The summed E-state index contributed by atoms with van der Waals surface area (Å²) in [5, 5.41) is 19.2. The summed E-state index contributed by atoms with van der Waals surface area (Å²) >= 11 is 0. The van der Waals surface area contributed by atoms with Crippen molar-refractivity contribution < 1.29 is 19.7 Å². The Kier molecular flexibility index (Phi) is 4.88. The van der Waals surface area contributed by atoms with Gasteiger partial charge < -0.3 is 14.9 Å². The predicted molar refractivity (Wildman–Crippen MR) is 75.7 cm³/mol. The van der Waals surface area contributed by atoms with Gasteiger partial charge in [-0.1, -0.05) is 13.0 Å². The molecule has 1 aromatic carbocycles. The van der Waals surface area contributed by atoms with E-state index in [0.29, 0.717) is 24.9 Å². The van der Waals surface area contributed by atoms with Gasteiger partial charge in [-0.2, -0.15) is 0 Å². The molecule has 1 aromatic rings. The van der Waals surface area contributed by atoms with E-state index in [4.69, 9.17) is 4.74 Å². The van der Waals surface area contributed by atoms with Crippen LogP contribution in [0.25, 0.3) is 0 Å². The van der Waals surface area contributed by atoms with Crippen LogP contribution in [-0.4, -0.2) is 22.8 Å². The maximum Gasteiger partial charge on any atom is 0.305 e. The van der Waals surface area contributed by atoms with E-state index in [-0.39, 0.29) is 17.5 Å². The molecule has 0 unspecified atom stereocenters. The standard InChI is InChI=1S/C16H22O4/c1-2-16(19)20-10-11-3-5-12(6-4-11)14-8-7-13(17)9-15(14)18/h7-9,11-12,17-18H,2-6,10H2,1H3. The topological polar surface area (TPSA) is 66.8 Å². The molecule has 0 aliphatic heterocycles. The minimum Gasteiger partial charge on any atom is -0.508 e. The molecule has 20 heavy (non-hydrogen) atoms. The molecule has 2 rings (SSSR count). The van der Waals surface area contributed by atoms with E-state index in [1.54, 1.807) is 19.1 Å². The SMILES string of the molecule is CCC(=O)OCC1CCC(c2ccc(O)cc2O)CC1. The Bertz CT molecular complexity index is 462. The number of carbonyl (C=O) groups excluding carboxylic acids is 1. The summed E-state index contributed by atoms with van der Waals surface area (Å²) in [7, 11) is 0. The van der Waals surface area contributed by atoms with E-state index in [9.17, 15) is 15.0 Å². The lowest BCUT2D eigenvalue weighted by atomic mass is 9.78. The smallest absolute Gasteiger partial charge is 0.305 e. The number of phenols is 2. The zero-order valence-electron chi connectivity index (χ0n) is 11.8. The maximum absolute atomic E-state index is 11.1. The van der Waals surface area contributed by atoms with Gasteiger partial charge in [-0.25, -0.2) is 0 Å². The lowest BCUT2D eigenvalue weighted by molar-refractivity contribution is -0.144. The summed E-state index contributed by atoms with van der Waals surface area (Å²) in [4.78, 5) is 11.1. The van der Waals surface area contributed by atoms with Gasteiger partial charge >= 0.3 is 5.97 Å². The van der Waals surface area contributed by atoms with Gasteiger partial charge in [0.25, 0.3) is 0 Å². The second-order valence-corrected chi connectivity index (χ2v) is 5.50. The van der Waals surface area contributed by atoms with Crippen LogP contribution in [0.5, 0.6) is 11.5 Å². The highest BCUT2D eigenvalue weighted by Gasteiger charge is 2.25. The average Bonchev–Trinajstić information content (AvgIpc) is 2.45. The van der Waals surface area contributed by atoms with Crippen LogP contribution >= 0.6 is 0 Å². The maximum atomic E-state index is 11.1. The Labute approximate surface area is 119 Å². The van der Waals surface area contributed by atoms with Gasteiger partial charge in [0.15, 0.2) is 0 Å². The molecule has 110 valence electrons. The zero-order valence-corrected chi connectivity index (χ0v) is 11.8. The van der Waals surface area contributed by atoms with Crippen molar-refractivity contribution >= 4 is 5.97 Å². The molecule has 4 heteroatoms. The second-order valence-electron chi connectivity index (χ2n) is 5.50. The molecular formula is C16H22O4. The second kappa shape index (κ2) is 6.64. The molecule has 0 aromatic heterocycles. The molecule has 1 fully saturated rings. The molecule has 0 atom stereocenters. The van der Waals surface area contributed by atoms with Crippen LogP contribution in [0.3, 0.4) is 0 Å². The number of ether oxygens (including phenoxy) is 1. The van der Waals surface area contributed by atoms with Crippen molar-refractivity contribution in [2.45, 2.75) is 44.9 Å². The molecule has 0 bridgehead atoms. The number of carbonyl (C=O) groups is 1. The summed E-state index contributed by atoms with van der Waals surface area (Å²) < 4.78 is 5.19. The first kappa shape index (κ1) is 14.7. The molecule has 4 nitrogen and oxygen atoms in total. The van der Waals surface area contributed by atoms with Crippen molar-refractivity contribution in [3.8, 4) is 11.5 Å². The fourth-order valence-corrected chi connectivity index (χ4v) is 2.83. The lowest BCUT2D eigenvalue weighted by Gasteiger charge is -2.28. The predicted octanol–water partition coefficient (Wildman–Crippen LogP) is 3.32. The number of phenolic OH excluding ortho intramolecular Hbond substituents is 2. The van der Waals surface area contributed by atoms with Crippen LogP contribution in [0.4, 0.5) is 0 Å². The van der Waals surface area contributed by atoms with E-state index >= 15 is 0 Å². The zero-order chi connectivity index (χ0) is 14.5. The molecule has 2 N–H and O–H groups in total. The molecule has 0 amide bonds. The first-order chi connectivity index (χ1) is 9.60. The molecule has 0 radical (unpaired) electrons.